The van der Waals surface area contributed by atoms with Crippen molar-refractivity contribution in [3.8, 4) is 0 Å². The second-order valence-corrected chi connectivity index (χ2v) is 4.96. The highest BCUT2D eigenvalue weighted by atomic mass is 32.1. The molecule has 1 aromatic carbocycles. The number of hydrogen-bond acceptors (Lipinski definition) is 3. The fourth-order valence-corrected chi connectivity index (χ4v) is 2.53. The Labute approximate surface area is 105 Å². The maximum Gasteiger partial charge on any atom is 0.168 e. The van der Waals surface area contributed by atoms with Crippen molar-refractivity contribution in [2.45, 2.75) is 13.0 Å². The molecule has 2 rings (SSSR count). The molecule has 0 unspecified atom stereocenters. The van der Waals surface area contributed by atoms with Crippen LogP contribution >= 0.6 is 11.3 Å². The molecular formula is C14H14O2S. The molecule has 0 aliphatic rings. The van der Waals surface area contributed by atoms with E-state index >= 15 is 0 Å². The first-order valence-corrected chi connectivity index (χ1v) is 6.39. The number of benzene rings is 1. The molecule has 1 N–H and O–H groups in total. The van der Waals surface area contributed by atoms with Gasteiger partial charge in [0.25, 0.3) is 0 Å². The van der Waals surface area contributed by atoms with E-state index in [0.29, 0.717) is 5.56 Å². The fraction of sp³-hybridized carbons (Fsp3) is 0.214. The van der Waals surface area contributed by atoms with Gasteiger partial charge in [0.1, 0.15) is 0 Å². The maximum absolute atomic E-state index is 12.1. The van der Waals surface area contributed by atoms with Gasteiger partial charge >= 0.3 is 0 Å². The molecule has 0 aliphatic heterocycles. The molecule has 17 heavy (non-hydrogen) atoms. The summed E-state index contributed by atoms with van der Waals surface area (Å²) >= 11 is 1.47. The van der Waals surface area contributed by atoms with E-state index in [0.717, 1.165) is 4.88 Å². The van der Waals surface area contributed by atoms with Gasteiger partial charge in [0.05, 0.1) is 12.0 Å². The Hall–Kier alpha value is -1.45. The first kappa shape index (κ1) is 12.0. The number of carbonyl (C=O) groups excluding carboxylic acids is 1. The zero-order valence-corrected chi connectivity index (χ0v) is 10.4. The van der Waals surface area contributed by atoms with Gasteiger partial charge in [-0.05, 0) is 11.4 Å². The molecule has 0 saturated heterocycles. The summed E-state index contributed by atoms with van der Waals surface area (Å²) in [7, 11) is 0. The summed E-state index contributed by atoms with van der Waals surface area (Å²) in [6, 6.07) is 12.8. The van der Waals surface area contributed by atoms with E-state index in [4.69, 9.17) is 0 Å². The second kappa shape index (κ2) is 5.25. The molecule has 88 valence electrons. The van der Waals surface area contributed by atoms with Crippen LogP contribution in [0.4, 0.5) is 0 Å². The number of ketones is 1. The van der Waals surface area contributed by atoms with Crippen LogP contribution in [0.3, 0.4) is 0 Å². The first-order valence-electron chi connectivity index (χ1n) is 5.51. The van der Waals surface area contributed by atoms with Gasteiger partial charge < -0.3 is 5.11 Å². The van der Waals surface area contributed by atoms with Gasteiger partial charge in [0.2, 0.25) is 0 Å². The topological polar surface area (TPSA) is 37.3 Å². The predicted octanol–water partition coefficient (Wildman–Crippen LogP) is 3.30. The molecule has 2 atom stereocenters. The summed E-state index contributed by atoms with van der Waals surface area (Å²) < 4.78 is 0. The van der Waals surface area contributed by atoms with Crippen molar-refractivity contribution in [2.24, 2.45) is 5.92 Å². The van der Waals surface area contributed by atoms with Crippen LogP contribution in [0.15, 0.2) is 47.8 Å². The van der Waals surface area contributed by atoms with Gasteiger partial charge in [-0.3, -0.25) is 4.79 Å². The van der Waals surface area contributed by atoms with E-state index in [9.17, 15) is 9.90 Å². The largest absolute Gasteiger partial charge is 0.387 e. The van der Waals surface area contributed by atoms with Crippen molar-refractivity contribution in [3.05, 3.63) is 58.3 Å². The van der Waals surface area contributed by atoms with E-state index in [1.165, 1.54) is 11.3 Å². The number of carbonyl (C=O) groups is 1. The standard InChI is InChI=1S/C14H14O2S/c1-10(14(16)12-8-5-9-17-12)13(15)11-6-3-2-4-7-11/h2-10,14,16H,1H3/t10-,14+/m0/s1. The lowest BCUT2D eigenvalue weighted by molar-refractivity contribution is 0.0723. The SMILES string of the molecule is C[C@@H](C(=O)c1ccccc1)[C@@H](O)c1cccs1. The summed E-state index contributed by atoms with van der Waals surface area (Å²) in [5.74, 6) is -0.442. The predicted molar refractivity (Wildman–Crippen MR) is 69.2 cm³/mol. The van der Waals surface area contributed by atoms with E-state index < -0.39 is 12.0 Å². The van der Waals surface area contributed by atoms with Crippen LogP contribution in [-0.2, 0) is 0 Å². The summed E-state index contributed by atoms with van der Waals surface area (Å²) in [5, 5.41) is 12.0. The lowest BCUT2D eigenvalue weighted by atomic mass is 9.93. The van der Waals surface area contributed by atoms with Crippen molar-refractivity contribution in [1.29, 1.82) is 0 Å². The van der Waals surface area contributed by atoms with Crippen molar-refractivity contribution in [3.63, 3.8) is 0 Å². The molecular weight excluding hydrogens is 232 g/mol. The molecule has 0 fully saturated rings. The number of aliphatic hydroxyl groups excluding tert-OH is 1. The molecule has 0 bridgehead atoms. The zero-order chi connectivity index (χ0) is 12.3. The molecule has 3 heteroatoms. The quantitative estimate of drug-likeness (QED) is 0.840. The third kappa shape index (κ3) is 2.62. The normalized spacial score (nSPS) is 14.2. The van der Waals surface area contributed by atoms with Crippen molar-refractivity contribution >= 4 is 17.1 Å². The van der Waals surface area contributed by atoms with Gasteiger partial charge in [0.15, 0.2) is 5.78 Å². The van der Waals surface area contributed by atoms with Crippen LogP contribution in [0.1, 0.15) is 28.3 Å². The maximum atomic E-state index is 12.1. The van der Waals surface area contributed by atoms with Crippen LogP contribution in [0, 0.1) is 5.92 Å². The minimum atomic E-state index is -0.720. The molecule has 0 radical (unpaired) electrons. The van der Waals surface area contributed by atoms with Gasteiger partial charge in [-0.25, -0.2) is 0 Å². The van der Waals surface area contributed by atoms with Gasteiger partial charge in [0, 0.05) is 10.4 Å². The minimum absolute atomic E-state index is 0.0218. The molecule has 0 amide bonds. The second-order valence-electron chi connectivity index (χ2n) is 3.98. The van der Waals surface area contributed by atoms with Gasteiger partial charge in [-0.1, -0.05) is 43.3 Å². The summed E-state index contributed by atoms with van der Waals surface area (Å²) in [6.45, 7) is 1.76. The van der Waals surface area contributed by atoms with E-state index in [1.54, 1.807) is 19.1 Å². The molecule has 0 spiro atoms. The number of aliphatic hydroxyl groups is 1. The minimum Gasteiger partial charge on any atom is -0.387 e. The van der Waals surface area contributed by atoms with Gasteiger partial charge in [-0.2, -0.15) is 0 Å². The highest BCUT2D eigenvalue weighted by molar-refractivity contribution is 7.10. The Bertz CT molecular complexity index is 476. The number of hydrogen-bond donors (Lipinski definition) is 1. The van der Waals surface area contributed by atoms with E-state index in [2.05, 4.69) is 0 Å². The van der Waals surface area contributed by atoms with Crippen LogP contribution in [0.5, 0.6) is 0 Å². The summed E-state index contributed by atoms with van der Waals surface area (Å²) in [4.78, 5) is 13.0. The van der Waals surface area contributed by atoms with E-state index in [-0.39, 0.29) is 5.78 Å². The molecule has 0 saturated carbocycles. The lowest BCUT2D eigenvalue weighted by Crippen LogP contribution is -2.18. The van der Waals surface area contributed by atoms with Crippen LogP contribution in [0.25, 0.3) is 0 Å². The van der Waals surface area contributed by atoms with Crippen molar-refractivity contribution in [2.75, 3.05) is 0 Å². The lowest BCUT2D eigenvalue weighted by Gasteiger charge is -2.16. The molecule has 2 nitrogen and oxygen atoms in total. The van der Waals surface area contributed by atoms with Crippen molar-refractivity contribution < 1.29 is 9.90 Å². The molecule has 1 heterocycles. The summed E-state index contributed by atoms with van der Waals surface area (Å²) in [5.41, 5.74) is 0.649. The molecule has 1 aromatic heterocycles. The average Bonchev–Trinajstić information content (AvgIpc) is 2.91. The van der Waals surface area contributed by atoms with Crippen LogP contribution in [0.2, 0.25) is 0 Å². The summed E-state index contributed by atoms with van der Waals surface area (Å²) in [6.07, 6.45) is -0.720. The monoisotopic (exact) mass is 246 g/mol. The number of thiophene rings is 1. The molecule has 2 aromatic rings. The van der Waals surface area contributed by atoms with Crippen LogP contribution in [-0.4, -0.2) is 10.9 Å². The Morgan fingerprint density at radius 3 is 2.47 bits per heavy atom. The Balaban J connectivity index is 2.16. The van der Waals surface area contributed by atoms with Crippen LogP contribution < -0.4 is 0 Å². The van der Waals surface area contributed by atoms with E-state index in [1.807, 2.05) is 35.7 Å². The first-order chi connectivity index (χ1) is 8.20. The Morgan fingerprint density at radius 1 is 1.18 bits per heavy atom. The Morgan fingerprint density at radius 2 is 1.88 bits per heavy atom. The Kier molecular flexibility index (Phi) is 3.71. The highest BCUT2D eigenvalue weighted by Gasteiger charge is 2.24. The third-order valence-corrected chi connectivity index (χ3v) is 3.72. The smallest absolute Gasteiger partial charge is 0.168 e. The average molecular weight is 246 g/mol. The third-order valence-electron chi connectivity index (χ3n) is 2.78. The highest BCUT2D eigenvalue weighted by Crippen LogP contribution is 2.28. The zero-order valence-electron chi connectivity index (χ0n) is 9.54. The fourth-order valence-electron chi connectivity index (χ4n) is 1.71. The van der Waals surface area contributed by atoms with Crippen molar-refractivity contribution in [1.82, 2.24) is 0 Å². The molecule has 0 aliphatic carbocycles. The van der Waals surface area contributed by atoms with Gasteiger partial charge in [-0.15, -0.1) is 11.3 Å². The number of Topliss-reactive ketones (excluding diaryl/α,β-unsaturated/α-hetero) is 1. The number of rotatable bonds is 4.